The van der Waals surface area contributed by atoms with Crippen LogP contribution in [0.4, 0.5) is 0 Å². The maximum atomic E-state index is 6.58. The van der Waals surface area contributed by atoms with E-state index in [-0.39, 0.29) is 0 Å². The Hall–Kier alpha value is -6.07. The highest BCUT2D eigenvalue weighted by Crippen LogP contribution is 2.42. The molecule has 44 heavy (non-hydrogen) atoms. The molecule has 5 nitrogen and oxygen atoms in total. The van der Waals surface area contributed by atoms with Crippen LogP contribution in [0.25, 0.3) is 89.2 Å². The predicted molar refractivity (Wildman–Crippen MR) is 176 cm³/mol. The van der Waals surface area contributed by atoms with Crippen LogP contribution in [0.2, 0.25) is 0 Å². The molecule has 0 saturated heterocycles. The zero-order chi connectivity index (χ0) is 29.0. The second-order valence-electron chi connectivity index (χ2n) is 10.8. The molecule has 6 aromatic carbocycles. The Morgan fingerprint density at radius 1 is 0.341 bits per heavy atom. The highest BCUT2D eigenvalue weighted by atomic mass is 16.3. The van der Waals surface area contributed by atoms with Crippen LogP contribution in [0.1, 0.15) is 0 Å². The van der Waals surface area contributed by atoms with Gasteiger partial charge in [0.05, 0.1) is 11.1 Å². The number of aromatic nitrogens is 3. The first-order chi connectivity index (χ1) is 21.8. The minimum Gasteiger partial charge on any atom is -0.455 e. The van der Waals surface area contributed by atoms with Gasteiger partial charge in [-0.25, -0.2) is 15.0 Å². The molecule has 0 atom stereocenters. The lowest BCUT2D eigenvalue weighted by Crippen LogP contribution is -2.00. The van der Waals surface area contributed by atoms with Crippen molar-refractivity contribution in [1.82, 2.24) is 15.0 Å². The van der Waals surface area contributed by atoms with Gasteiger partial charge < -0.3 is 8.83 Å². The van der Waals surface area contributed by atoms with Gasteiger partial charge in [0.25, 0.3) is 0 Å². The van der Waals surface area contributed by atoms with E-state index in [1.165, 1.54) is 0 Å². The van der Waals surface area contributed by atoms with E-state index < -0.39 is 0 Å². The van der Waals surface area contributed by atoms with Gasteiger partial charge in [0.2, 0.25) is 0 Å². The Balaban J connectivity index is 1.34. The third-order valence-corrected chi connectivity index (χ3v) is 8.16. The molecular formula is C39H23N3O2. The molecule has 3 aromatic heterocycles. The molecule has 0 amide bonds. The minimum atomic E-state index is 0.533. The van der Waals surface area contributed by atoms with Gasteiger partial charge in [-0.2, -0.15) is 0 Å². The van der Waals surface area contributed by atoms with Crippen LogP contribution in [-0.2, 0) is 0 Å². The fraction of sp³-hybridized carbons (Fsp3) is 0. The van der Waals surface area contributed by atoms with E-state index in [4.69, 9.17) is 23.8 Å². The number of hydrogen-bond donors (Lipinski definition) is 0. The number of hydrogen-bond acceptors (Lipinski definition) is 5. The van der Waals surface area contributed by atoms with E-state index in [9.17, 15) is 0 Å². The summed E-state index contributed by atoms with van der Waals surface area (Å²) in [5.74, 6) is 1.65. The van der Waals surface area contributed by atoms with Gasteiger partial charge in [-0.15, -0.1) is 0 Å². The summed E-state index contributed by atoms with van der Waals surface area (Å²) < 4.78 is 13.0. The van der Waals surface area contributed by atoms with Crippen LogP contribution >= 0.6 is 0 Å². The van der Waals surface area contributed by atoms with E-state index in [1.54, 1.807) is 0 Å². The molecule has 9 aromatic rings. The average Bonchev–Trinajstić information content (AvgIpc) is 3.68. The monoisotopic (exact) mass is 565 g/mol. The first kappa shape index (κ1) is 24.5. The Morgan fingerprint density at radius 2 is 0.864 bits per heavy atom. The minimum absolute atomic E-state index is 0.533. The van der Waals surface area contributed by atoms with Gasteiger partial charge in [0.15, 0.2) is 17.5 Å². The fourth-order valence-electron chi connectivity index (χ4n) is 6.12. The number of benzene rings is 6. The molecule has 0 aliphatic heterocycles. The standard InChI is InChI=1S/C39H23N3O2/c1-3-12-24(13-4-1)26-22-23-31(36-34(26)29-17-8-10-21-33(29)44-36)39-41-37(25-14-5-2-6-15-25)40-38(42-39)30-19-11-18-28-27-16-7-9-20-32(27)43-35(28)30/h1-23H. The highest BCUT2D eigenvalue weighted by molar-refractivity contribution is 6.16. The summed E-state index contributed by atoms with van der Waals surface area (Å²) in [5.41, 5.74) is 7.85. The SMILES string of the molecule is c1ccc(-c2nc(-c3cccc4c3oc3ccccc34)nc(-c3ccc(-c4ccccc4)c4c3oc3ccccc34)n2)cc1. The summed E-state index contributed by atoms with van der Waals surface area (Å²) in [6.45, 7) is 0. The summed E-state index contributed by atoms with van der Waals surface area (Å²) in [7, 11) is 0. The zero-order valence-electron chi connectivity index (χ0n) is 23.4. The van der Waals surface area contributed by atoms with E-state index in [0.717, 1.165) is 71.7 Å². The molecule has 206 valence electrons. The van der Waals surface area contributed by atoms with Crippen molar-refractivity contribution in [3.8, 4) is 45.3 Å². The van der Waals surface area contributed by atoms with Gasteiger partial charge in [-0.1, -0.05) is 115 Å². The zero-order valence-corrected chi connectivity index (χ0v) is 23.4. The topological polar surface area (TPSA) is 65.0 Å². The van der Waals surface area contributed by atoms with Gasteiger partial charge in [-0.3, -0.25) is 0 Å². The van der Waals surface area contributed by atoms with Gasteiger partial charge in [0.1, 0.15) is 22.3 Å². The van der Waals surface area contributed by atoms with E-state index in [1.807, 2.05) is 84.9 Å². The lowest BCUT2D eigenvalue weighted by atomic mass is 9.97. The molecule has 9 rings (SSSR count). The predicted octanol–water partition coefficient (Wildman–Crippen LogP) is 10.3. The number of furan rings is 2. The molecular weight excluding hydrogens is 542 g/mol. The molecule has 0 unspecified atom stereocenters. The van der Waals surface area contributed by atoms with Crippen molar-refractivity contribution < 1.29 is 8.83 Å². The average molecular weight is 566 g/mol. The summed E-state index contributed by atoms with van der Waals surface area (Å²) in [6.07, 6.45) is 0. The summed E-state index contributed by atoms with van der Waals surface area (Å²) in [4.78, 5) is 15.1. The molecule has 0 N–H and O–H groups in total. The fourth-order valence-corrected chi connectivity index (χ4v) is 6.12. The van der Waals surface area contributed by atoms with Crippen molar-refractivity contribution in [2.24, 2.45) is 0 Å². The third-order valence-electron chi connectivity index (χ3n) is 8.16. The van der Waals surface area contributed by atoms with Crippen LogP contribution in [0.15, 0.2) is 148 Å². The van der Waals surface area contributed by atoms with Gasteiger partial charge >= 0.3 is 0 Å². The molecule has 0 aliphatic carbocycles. The van der Waals surface area contributed by atoms with Crippen LogP contribution in [-0.4, -0.2) is 15.0 Å². The number of fused-ring (bicyclic) bond motifs is 6. The number of rotatable bonds is 4. The number of nitrogens with zero attached hydrogens (tertiary/aromatic N) is 3. The quantitative estimate of drug-likeness (QED) is 0.212. The smallest absolute Gasteiger partial charge is 0.167 e. The molecule has 0 radical (unpaired) electrons. The van der Waals surface area contributed by atoms with Crippen molar-refractivity contribution in [2.45, 2.75) is 0 Å². The van der Waals surface area contributed by atoms with Crippen molar-refractivity contribution >= 4 is 43.9 Å². The van der Waals surface area contributed by atoms with E-state index in [2.05, 4.69) is 54.6 Å². The van der Waals surface area contributed by atoms with Crippen molar-refractivity contribution in [2.75, 3.05) is 0 Å². The summed E-state index contributed by atoms with van der Waals surface area (Å²) in [6, 6.07) is 46.9. The summed E-state index contributed by atoms with van der Waals surface area (Å²) >= 11 is 0. The second kappa shape index (κ2) is 9.75. The Bertz CT molecular complexity index is 2500. The molecule has 0 aliphatic rings. The van der Waals surface area contributed by atoms with Crippen LogP contribution < -0.4 is 0 Å². The first-order valence-corrected chi connectivity index (χ1v) is 14.5. The first-order valence-electron chi connectivity index (χ1n) is 14.5. The highest BCUT2D eigenvalue weighted by Gasteiger charge is 2.22. The largest absolute Gasteiger partial charge is 0.455 e. The lowest BCUT2D eigenvalue weighted by Gasteiger charge is -2.10. The van der Waals surface area contributed by atoms with Crippen molar-refractivity contribution in [1.29, 1.82) is 0 Å². The lowest BCUT2D eigenvalue weighted by molar-refractivity contribution is 0.669. The molecule has 0 saturated carbocycles. The van der Waals surface area contributed by atoms with Crippen LogP contribution in [0.5, 0.6) is 0 Å². The van der Waals surface area contributed by atoms with Crippen molar-refractivity contribution in [3.63, 3.8) is 0 Å². The Morgan fingerprint density at radius 3 is 1.61 bits per heavy atom. The summed E-state index contributed by atoms with van der Waals surface area (Å²) in [5, 5.41) is 4.16. The third kappa shape index (κ3) is 3.83. The molecule has 0 fully saturated rings. The van der Waals surface area contributed by atoms with Gasteiger partial charge in [-0.05, 0) is 35.4 Å². The molecule has 3 heterocycles. The number of para-hydroxylation sites is 3. The maximum Gasteiger partial charge on any atom is 0.167 e. The molecule has 0 spiro atoms. The molecule has 0 bridgehead atoms. The van der Waals surface area contributed by atoms with Crippen LogP contribution in [0.3, 0.4) is 0 Å². The Kier molecular flexibility index (Phi) is 5.43. The Labute approximate surface area is 252 Å². The second-order valence-corrected chi connectivity index (χ2v) is 10.8. The van der Waals surface area contributed by atoms with Crippen molar-refractivity contribution in [3.05, 3.63) is 140 Å². The van der Waals surface area contributed by atoms with Crippen LogP contribution in [0, 0.1) is 0 Å². The van der Waals surface area contributed by atoms with E-state index in [0.29, 0.717) is 17.5 Å². The van der Waals surface area contributed by atoms with Gasteiger partial charge in [0, 0.05) is 27.1 Å². The van der Waals surface area contributed by atoms with E-state index >= 15 is 0 Å². The maximum absolute atomic E-state index is 6.58. The normalized spacial score (nSPS) is 11.6. The molecule has 5 heteroatoms.